The van der Waals surface area contributed by atoms with Crippen molar-refractivity contribution in [1.82, 2.24) is 19.8 Å². The zero-order chi connectivity index (χ0) is 19.3. The van der Waals surface area contributed by atoms with Crippen LogP contribution in [0.2, 0.25) is 0 Å². The molecule has 0 saturated heterocycles. The van der Waals surface area contributed by atoms with Crippen molar-refractivity contribution in [2.75, 3.05) is 40.4 Å². The number of anilines is 1. The van der Waals surface area contributed by atoms with Crippen molar-refractivity contribution >= 4 is 41.3 Å². The van der Waals surface area contributed by atoms with E-state index in [0.29, 0.717) is 27.5 Å². The molecule has 1 heterocycles. The van der Waals surface area contributed by atoms with Gasteiger partial charge in [0, 0.05) is 12.6 Å². The van der Waals surface area contributed by atoms with Crippen LogP contribution in [0.15, 0.2) is 22.4 Å². The monoisotopic (exact) mass is 396 g/mol. The minimum absolute atomic E-state index is 0.203. The number of benzene rings is 1. The molecule has 2 N–H and O–H groups in total. The maximum atomic E-state index is 5.83. The van der Waals surface area contributed by atoms with Gasteiger partial charge in [0.2, 0.25) is 22.0 Å². The third-order valence-electron chi connectivity index (χ3n) is 3.32. The standard InChI is InChI=1S/C15H20N6O3S2/c1-20(15(25)21-13(16)18-14(19-21)26-5)17-8-9-6-10(22-2)12(24-4)11(7-9)23-3/h6-8H,1-5H3,(H2,16,18,19)/b17-8+. The fourth-order valence-electron chi connectivity index (χ4n) is 2.05. The number of hydrogen-bond acceptors (Lipinski definition) is 9. The molecule has 1 aromatic heterocycles. The molecule has 0 amide bonds. The minimum Gasteiger partial charge on any atom is -0.493 e. The summed E-state index contributed by atoms with van der Waals surface area (Å²) in [5, 5.41) is 10.8. The molecule has 1 aromatic carbocycles. The number of thiocarbonyl (C=S) groups is 1. The van der Waals surface area contributed by atoms with Gasteiger partial charge in [0.05, 0.1) is 27.5 Å². The van der Waals surface area contributed by atoms with E-state index >= 15 is 0 Å². The molecule has 0 saturated carbocycles. The summed E-state index contributed by atoms with van der Waals surface area (Å²) in [5.74, 6) is 1.78. The summed E-state index contributed by atoms with van der Waals surface area (Å²) in [5.41, 5.74) is 6.57. The predicted molar refractivity (Wildman–Crippen MR) is 106 cm³/mol. The fourth-order valence-corrected chi connectivity index (χ4v) is 2.58. The van der Waals surface area contributed by atoms with Crippen LogP contribution in [-0.2, 0) is 0 Å². The van der Waals surface area contributed by atoms with Gasteiger partial charge >= 0.3 is 0 Å². The SMILES string of the molecule is COc1cc(/C=N/N(C)C(=S)n2nc(SC)nc2N)cc(OC)c1OC. The van der Waals surface area contributed by atoms with Crippen molar-refractivity contribution in [3.63, 3.8) is 0 Å². The van der Waals surface area contributed by atoms with Crippen molar-refractivity contribution in [2.45, 2.75) is 5.16 Å². The van der Waals surface area contributed by atoms with Crippen LogP contribution >= 0.6 is 24.0 Å². The van der Waals surface area contributed by atoms with Gasteiger partial charge in [0.25, 0.3) is 0 Å². The van der Waals surface area contributed by atoms with Crippen LogP contribution in [0.5, 0.6) is 17.2 Å². The van der Waals surface area contributed by atoms with E-state index in [1.165, 1.54) is 21.5 Å². The van der Waals surface area contributed by atoms with Gasteiger partial charge < -0.3 is 19.9 Å². The number of hydrazone groups is 1. The molecule has 0 fully saturated rings. The molecular weight excluding hydrogens is 376 g/mol. The Bertz CT molecular complexity index is 799. The first-order valence-corrected chi connectivity index (χ1v) is 8.97. The molecule has 0 aliphatic heterocycles. The molecule has 0 aliphatic rings. The van der Waals surface area contributed by atoms with Crippen molar-refractivity contribution < 1.29 is 14.2 Å². The second kappa shape index (κ2) is 8.72. The smallest absolute Gasteiger partial charge is 0.226 e. The zero-order valence-electron chi connectivity index (χ0n) is 15.1. The molecule has 0 unspecified atom stereocenters. The Morgan fingerprint density at radius 3 is 2.35 bits per heavy atom. The zero-order valence-corrected chi connectivity index (χ0v) is 16.7. The lowest BCUT2D eigenvalue weighted by Gasteiger charge is -2.15. The second-order valence-corrected chi connectivity index (χ2v) is 6.02. The molecule has 0 atom stereocenters. The lowest BCUT2D eigenvalue weighted by molar-refractivity contribution is 0.324. The third-order valence-corrected chi connectivity index (χ3v) is 4.30. The molecule has 26 heavy (non-hydrogen) atoms. The van der Waals surface area contributed by atoms with Crippen LogP contribution in [0.25, 0.3) is 0 Å². The Morgan fingerprint density at radius 2 is 1.88 bits per heavy atom. The van der Waals surface area contributed by atoms with Gasteiger partial charge in [-0.2, -0.15) is 14.8 Å². The van der Waals surface area contributed by atoms with Crippen LogP contribution in [0.3, 0.4) is 0 Å². The number of ether oxygens (including phenoxy) is 3. The summed E-state index contributed by atoms with van der Waals surface area (Å²) in [4.78, 5) is 4.09. The van der Waals surface area contributed by atoms with Gasteiger partial charge in [-0.25, -0.2) is 5.01 Å². The molecule has 0 spiro atoms. The van der Waals surface area contributed by atoms with Crippen molar-refractivity contribution in [2.24, 2.45) is 5.10 Å². The van der Waals surface area contributed by atoms with Crippen LogP contribution in [0.4, 0.5) is 5.95 Å². The molecule has 0 radical (unpaired) electrons. The highest BCUT2D eigenvalue weighted by Crippen LogP contribution is 2.37. The Morgan fingerprint density at radius 1 is 1.27 bits per heavy atom. The number of hydrogen-bond donors (Lipinski definition) is 1. The Balaban J connectivity index is 2.25. The number of nitrogen functional groups attached to an aromatic ring is 1. The molecule has 140 valence electrons. The normalized spacial score (nSPS) is 10.8. The van der Waals surface area contributed by atoms with E-state index in [-0.39, 0.29) is 5.95 Å². The molecule has 9 nitrogen and oxygen atoms in total. The number of thioether (sulfide) groups is 1. The van der Waals surface area contributed by atoms with Gasteiger partial charge in [-0.1, -0.05) is 11.8 Å². The quantitative estimate of drug-likeness (QED) is 0.338. The molecule has 0 aliphatic carbocycles. The summed E-state index contributed by atoms with van der Waals surface area (Å²) in [6, 6.07) is 3.55. The van der Waals surface area contributed by atoms with E-state index in [1.54, 1.807) is 46.7 Å². The van der Waals surface area contributed by atoms with E-state index in [1.807, 2.05) is 6.26 Å². The fraction of sp³-hybridized carbons (Fsp3) is 0.333. The minimum atomic E-state index is 0.203. The van der Waals surface area contributed by atoms with E-state index in [2.05, 4.69) is 15.2 Å². The average Bonchev–Trinajstić information content (AvgIpc) is 3.05. The van der Waals surface area contributed by atoms with Crippen LogP contribution < -0.4 is 19.9 Å². The van der Waals surface area contributed by atoms with Gasteiger partial charge in [-0.05, 0) is 30.6 Å². The first kappa shape index (κ1) is 19.8. The Hall–Kier alpha value is -2.53. The van der Waals surface area contributed by atoms with E-state index < -0.39 is 0 Å². The maximum Gasteiger partial charge on any atom is 0.226 e. The molecule has 11 heteroatoms. The van der Waals surface area contributed by atoms with E-state index in [0.717, 1.165) is 5.56 Å². The summed E-state index contributed by atoms with van der Waals surface area (Å²) < 4.78 is 17.3. The maximum absolute atomic E-state index is 5.83. The number of methoxy groups -OCH3 is 3. The Kier molecular flexibility index (Phi) is 6.64. The molecule has 0 bridgehead atoms. The van der Waals surface area contributed by atoms with Crippen molar-refractivity contribution in [3.05, 3.63) is 17.7 Å². The van der Waals surface area contributed by atoms with Crippen LogP contribution in [-0.4, -0.2) is 65.7 Å². The molecule has 2 aromatic rings. The summed E-state index contributed by atoms with van der Waals surface area (Å²) in [6.07, 6.45) is 3.47. The van der Waals surface area contributed by atoms with Crippen molar-refractivity contribution in [3.8, 4) is 17.2 Å². The summed E-state index contributed by atoms with van der Waals surface area (Å²) >= 11 is 6.73. The van der Waals surface area contributed by atoms with Gasteiger partial charge in [0.1, 0.15) is 0 Å². The third kappa shape index (κ3) is 4.17. The largest absolute Gasteiger partial charge is 0.493 e. The Labute approximate surface area is 161 Å². The van der Waals surface area contributed by atoms with E-state index in [9.17, 15) is 0 Å². The van der Waals surface area contributed by atoms with Gasteiger partial charge in [-0.15, -0.1) is 5.10 Å². The van der Waals surface area contributed by atoms with Crippen molar-refractivity contribution in [1.29, 1.82) is 0 Å². The number of aromatic nitrogens is 3. The highest BCUT2D eigenvalue weighted by molar-refractivity contribution is 7.98. The van der Waals surface area contributed by atoms with Gasteiger partial charge in [-0.3, -0.25) is 0 Å². The van der Waals surface area contributed by atoms with Crippen LogP contribution in [0.1, 0.15) is 5.56 Å². The number of nitrogens with two attached hydrogens (primary N) is 1. The van der Waals surface area contributed by atoms with E-state index in [4.69, 9.17) is 32.2 Å². The summed E-state index contributed by atoms with van der Waals surface area (Å²) in [7, 11) is 6.34. The topological polar surface area (TPSA) is 100 Å². The van der Waals surface area contributed by atoms with Crippen LogP contribution in [0, 0.1) is 0 Å². The average molecular weight is 396 g/mol. The first-order valence-electron chi connectivity index (χ1n) is 7.33. The lowest BCUT2D eigenvalue weighted by Crippen LogP contribution is -2.28. The number of nitrogens with zero attached hydrogens (tertiary/aromatic N) is 5. The lowest BCUT2D eigenvalue weighted by atomic mass is 10.2. The second-order valence-electron chi connectivity index (χ2n) is 4.88. The first-order chi connectivity index (χ1) is 12.4. The number of rotatable bonds is 6. The molecule has 2 rings (SSSR count). The summed E-state index contributed by atoms with van der Waals surface area (Å²) in [6.45, 7) is 0. The van der Waals surface area contributed by atoms with Gasteiger partial charge in [0.15, 0.2) is 11.5 Å². The highest BCUT2D eigenvalue weighted by Gasteiger charge is 2.15. The predicted octanol–water partition coefficient (Wildman–Crippen LogP) is 1.71. The molecular formula is C15H20N6O3S2. The highest BCUT2D eigenvalue weighted by atomic mass is 32.2.